The van der Waals surface area contributed by atoms with Crippen LogP contribution in [0.15, 0.2) is 0 Å². The summed E-state index contributed by atoms with van der Waals surface area (Å²) in [6, 6.07) is 0. The Morgan fingerprint density at radius 3 is 1.43 bits per heavy atom. The summed E-state index contributed by atoms with van der Waals surface area (Å²) in [5.41, 5.74) is 0. The number of ether oxygens (including phenoxy) is 1. The number of unbranched alkanes of at least 4 members (excludes halogenated alkanes) is 20. The number of aliphatic hydroxyl groups is 3. The maximum atomic E-state index is 13.0. The Morgan fingerprint density at radius 1 is 0.510 bits per heavy atom. The van der Waals surface area contributed by atoms with E-state index in [1.807, 2.05) is 0 Å². The maximum Gasteiger partial charge on any atom is 0.308 e. The van der Waals surface area contributed by atoms with Crippen LogP contribution in [0, 0.1) is 11.8 Å². The molecule has 0 heterocycles. The molecular weight excluding hydrogens is 634 g/mol. The number of esters is 1. The predicted octanol–water partition coefficient (Wildman–Crippen LogP) is 12.0. The zero-order valence-electron chi connectivity index (χ0n) is 34.9. The van der Waals surface area contributed by atoms with Crippen LogP contribution in [-0.2, 0) is 9.53 Å². The van der Waals surface area contributed by atoms with E-state index in [1.54, 1.807) is 0 Å². The van der Waals surface area contributed by atoms with Crippen molar-refractivity contribution in [2.75, 3.05) is 32.8 Å². The SMILES string of the molecule is CCCCCCCCC(CCCCCC)C(=O)OCCCC[C@H](O)CN(CCCCO)C[C@H](O)C(CCCCCCCC)CCCCCCCC. The summed E-state index contributed by atoms with van der Waals surface area (Å²) in [5, 5.41) is 32.0. The van der Waals surface area contributed by atoms with Gasteiger partial charge < -0.3 is 20.1 Å². The van der Waals surface area contributed by atoms with Crippen LogP contribution >= 0.6 is 0 Å². The fourth-order valence-corrected chi connectivity index (χ4v) is 7.55. The van der Waals surface area contributed by atoms with Crippen molar-refractivity contribution in [3.63, 3.8) is 0 Å². The molecule has 3 atom stereocenters. The molecule has 0 bridgehead atoms. The van der Waals surface area contributed by atoms with Crippen LogP contribution in [0.3, 0.4) is 0 Å². The van der Waals surface area contributed by atoms with Crippen molar-refractivity contribution in [2.45, 2.75) is 239 Å². The molecule has 3 N–H and O–H groups in total. The molecule has 0 amide bonds. The van der Waals surface area contributed by atoms with Crippen LogP contribution in [-0.4, -0.2) is 71.2 Å². The molecule has 0 aromatic heterocycles. The first-order valence-corrected chi connectivity index (χ1v) is 22.8. The Kier molecular flexibility index (Phi) is 38.5. The number of carbonyl (C=O) groups excluding carboxylic acids is 1. The van der Waals surface area contributed by atoms with E-state index in [9.17, 15) is 20.1 Å². The van der Waals surface area contributed by atoms with Gasteiger partial charge in [-0.2, -0.15) is 0 Å². The molecule has 0 spiro atoms. The molecule has 0 rings (SSSR count). The van der Waals surface area contributed by atoms with Gasteiger partial charge in [-0.25, -0.2) is 0 Å². The first-order valence-electron chi connectivity index (χ1n) is 22.8. The van der Waals surface area contributed by atoms with E-state index < -0.39 is 6.10 Å². The summed E-state index contributed by atoms with van der Waals surface area (Å²) in [4.78, 5) is 15.3. The van der Waals surface area contributed by atoms with Gasteiger partial charge in [-0.05, 0) is 70.3 Å². The molecule has 1 unspecified atom stereocenters. The molecule has 0 aliphatic carbocycles. The molecule has 0 saturated heterocycles. The molecule has 0 aromatic rings. The highest BCUT2D eigenvalue weighted by Crippen LogP contribution is 2.24. The monoisotopic (exact) mass is 726 g/mol. The van der Waals surface area contributed by atoms with Crippen molar-refractivity contribution in [2.24, 2.45) is 11.8 Å². The third kappa shape index (κ3) is 32.5. The van der Waals surface area contributed by atoms with Crippen LogP contribution in [0.4, 0.5) is 0 Å². The van der Waals surface area contributed by atoms with Crippen LogP contribution in [0.5, 0.6) is 0 Å². The summed E-state index contributed by atoms with van der Waals surface area (Å²) < 4.78 is 5.80. The molecule has 0 radical (unpaired) electrons. The largest absolute Gasteiger partial charge is 0.465 e. The molecule has 0 aliphatic rings. The molecular formula is C45H91NO5. The van der Waals surface area contributed by atoms with Crippen molar-refractivity contribution < 1.29 is 24.9 Å². The summed E-state index contributed by atoms with van der Waals surface area (Å²) >= 11 is 0. The number of hydrogen-bond acceptors (Lipinski definition) is 6. The Hall–Kier alpha value is -0.690. The standard InChI is InChI=1S/C45H91NO5/c1-5-9-13-17-20-24-31-41(32-25-21-18-14-10-6-2)44(49)40-46(36-28-29-37-47)39-43(48)35-27-30-38-51-45(50)42(33-23-16-12-8-4)34-26-22-19-15-11-7-3/h41-44,47-49H,5-40H2,1-4H3/t42?,43-,44-/m0/s1. The van der Waals surface area contributed by atoms with Crippen molar-refractivity contribution in [3.8, 4) is 0 Å². The third-order valence-electron chi connectivity index (χ3n) is 11.0. The minimum atomic E-state index is -0.475. The number of hydrogen-bond donors (Lipinski definition) is 3. The van der Waals surface area contributed by atoms with E-state index >= 15 is 0 Å². The molecule has 0 aliphatic heterocycles. The first kappa shape index (κ1) is 50.3. The Morgan fingerprint density at radius 2 is 0.941 bits per heavy atom. The minimum Gasteiger partial charge on any atom is -0.465 e. The normalized spacial score (nSPS) is 13.7. The second-order valence-corrected chi connectivity index (χ2v) is 16.1. The van der Waals surface area contributed by atoms with Crippen LogP contribution in [0.25, 0.3) is 0 Å². The van der Waals surface area contributed by atoms with Gasteiger partial charge in [-0.1, -0.05) is 169 Å². The topological polar surface area (TPSA) is 90.2 Å². The van der Waals surface area contributed by atoms with E-state index in [0.29, 0.717) is 32.0 Å². The fraction of sp³-hybridized carbons (Fsp3) is 0.978. The molecule has 306 valence electrons. The van der Waals surface area contributed by atoms with Crippen molar-refractivity contribution in [1.82, 2.24) is 4.90 Å². The van der Waals surface area contributed by atoms with E-state index in [1.165, 1.54) is 128 Å². The smallest absolute Gasteiger partial charge is 0.308 e. The zero-order valence-corrected chi connectivity index (χ0v) is 34.9. The van der Waals surface area contributed by atoms with Gasteiger partial charge in [0.2, 0.25) is 0 Å². The summed E-state index contributed by atoms with van der Waals surface area (Å²) in [5.74, 6) is 0.329. The van der Waals surface area contributed by atoms with Gasteiger partial charge >= 0.3 is 5.97 Å². The first-order chi connectivity index (χ1) is 24.9. The molecule has 0 fully saturated rings. The number of carbonyl (C=O) groups is 1. The lowest BCUT2D eigenvalue weighted by Gasteiger charge is -2.31. The Labute approximate surface area is 318 Å². The summed E-state index contributed by atoms with van der Waals surface area (Å²) in [6.45, 7) is 11.5. The Balaban J connectivity index is 4.88. The highest BCUT2D eigenvalue weighted by Gasteiger charge is 2.23. The average Bonchev–Trinajstić information content (AvgIpc) is 3.12. The average molecular weight is 726 g/mol. The zero-order chi connectivity index (χ0) is 37.6. The van der Waals surface area contributed by atoms with Gasteiger partial charge in [0.05, 0.1) is 24.7 Å². The van der Waals surface area contributed by atoms with E-state index in [-0.39, 0.29) is 24.6 Å². The second-order valence-electron chi connectivity index (χ2n) is 16.1. The molecule has 0 aromatic carbocycles. The lowest BCUT2D eigenvalue weighted by Crippen LogP contribution is -2.41. The summed E-state index contributed by atoms with van der Waals surface area (Å²) in [7, 11) is 0. The number of nitrogens with zero attached hydrogens (tertiary/aromatic N) is 1. The summed E-state index contributed by atoms with van der Waals surface area (Å²) in [6.07, 6.45) is 34.6. The van der Waals surface area contributed by atoms with Crippen molar-refractivity contribution >= 4 is 5.97 Å². The number of aliphatic hydroxyl groups excluding tert-OH is 3. The molecule has 51 heavy (non-hydrogen) atoms. The second kappa shape index (κ2) is 39.0. The minimum absolute atomic E-state index is 0.0128. The Bertz CT molecular complexity index is 690. The van der Waals surface area contributed by atoms with Crippen molar-refractivity contribution in [1.29, 1.82) is 0 Å². The number of rotatable bonds is 41. The van der Waals surface area contributed by atoms with E-state index in [4.69, 9.17) is 4.74 Å². The quantitative estimate of drug-likeness (QED) is 0.0429. The predicted molar refractivity (Wildman–Crippen MR) is 219 cm³/mol. The fourth-order valence-electron chi connectivity index (χ4n) is 7.55. The van der Waals surface area contributed by atoms with Gasteiger partial charge in [-0.15, -0.1) is 0 Å². The lowest BCUT2D eigenvalue weighted by molar-refractivity contribution is -0.149. The van der Waals surface area contributed by atoms with Gasteiger partial charge in [-0.3, -0.25) is 9.69 Å². The molecule has 6 heteroatoms. The molecule has 0 saturated carbocycles. The van der Waals surface area contributed by atoms with Crippen LogP contribution in [0.2, 0.25) is 0 Å². The van der Waals surface area contributed by atoms with Crippen LogP contribution < -0.4 is 0 Å². The van der Waals surface area contributed by atoms with Gasteiger partial charge in [0.15, 0.2) is 0 Å². The van der Waals surface area contributed by atoms with Gasteiger partial charge in [0, 0.05) is 19.7 Å². The van der Waals surface area contributed by atoms with E-state index in [0.717, 1.165) is 70.8 Å². The highest BCUT2D eigenvalue weighted by molar-refractivity contribution is 5.72. The van der Waals surface area contributed by atoms with E-state index in [2.05, 4.69) is 32.6 Å². The van der Waals surface area contributed by atoms with Gasteiger partial charge in [0.25, 0.3) is 0 Å². The molecule has 6 nitrogen and oxygen atoms in total. The highest BCUT2D eigenvalue weighted by atomic mass is 16.5. The van der Waals surface area contributed by atoms with Crippen molar-refractivity contribution in [3.05, 3.63) is 0 Å². The third-order valence-corrected chi connectivity index (χ3v) is 11.0. The van der Waals surface area contributed by atoms with Crippen LogP contribution in [0.1, 0.15) is 227 Å². The lowest BCUT2D eigenvalue weighted by atomic mass is 9.89. The van der Waals surface area contributed by atoms with Gasteiger partial charge in [0.1, 0.15) is 0 Å². The maximum absolute atomic E-state index is 13.0.